The number of benzene rings is 2. The van der Waals surface area contributed by atoms with E-state index < -0.39 is 0 Å². The molecular formula is C16H14F2N2S. The number of nitrogens with zero attached hydrogens (tertiary/aromatic N) is 1. The minimum Gasteiger partial charge on any atom is -0.355 e. The average molecular weight is 304 g/mol. The molecule has 0 spiro atoms. The van der Waals surface area contributed by atoms with Crippen LogP contribution in [0.4, 0.5) is 13.9 Å². The van der Waals surface area contributed by atoms with Crippen LogP contribution in [-0.2, 0) is 0 Å². The van der Waals surface area contributed by atoms with Crippen molar-refractivity contribution in [1.82, 2.24) is 4.98 Å². The van der Waals surface area contributed by atoms with E-state index in [1.807, 2.05) is 13.0 Å². The van der Waals surface area contributed by atoms with Gasteiger partial charge in [-0.05, 0) is 43.2 Å². The molecule has 108 valence electrons. The number of rotatable bonds is 3. The molecule has 3 rings (SSSR count). The highest BCUT2D eigenvalue weighted by molar-refractivity contribution is 7.22. The lowest BCUT2D eigenvalue weighted by Crippen LogP contribution is -2.06. The van der Waals surface area contributed by atoms with Crippen LogP contribution in [-0.4, -0.2) is 4.98 Å². The van der Waals surface area contributed by atoms with Crippen LogP contribution in [0.3, 0.4) is 0 Å². The molecule has 1 N–H and O–H groups in total. The molecule has 0 aliphatic heterocycles. The van der Waals surface area contributed by atoms with Crippen molar-refractivity contribution in [3.8, 4) is 0 Å². The second-order valence-corrected chi connectivity index (χ2v) is 6.04. The minimum atomic E-state index is -0.298. The zero-order valence-corrected chi connectivity index (χ0v) is 12.5. The molecule has 0 aliphatic rings. The summed E-state index contributed by atoms with van der Waals surface area (Å²) in [4.78, 5) is 4.35. The molecular weight excluding hydrogens is 290 g/mol. The standard InChI is InChI=1S/C16H14F2N2S/c1-9-3-4-11(7-13(9)18)10(2)19-16-20-14-8-12(17)5-6-15(14)21-16/h3-8,10H,1-2H3,(H,19,20). The van der Waals surface area contributed by atoms with Crippen LogP contribution in [0.5, 0.6) is 0 Å². The lowest BCUT2D eigenvalue weighted by molar-refractivity contribution is 0.614. The van der Waals surface area contributed by atoms with Crippen LogP contribution >= 0.6 is 11.3 Å². The Kier molecular flexibility index (Phi) is 3.59. The van der Waals surface area contributed by atoms with Crippen molar-refractivity contribution in [3.63, 3.8) is 0 Å². The zero-order chi connectivity index (χ0) is 15.0. The highest BCUT2D eigenvalue weighted by Gasteiger charge is 2.11. The third-order valence-corrected chi connectivity index (χ3v) is 4.35. The van der Waals surface area contributed by atoms with Gasteiger partial charge in [0, 0.05) is 6.07 Å². The quantitative estimate of drug-likeness (QED) is 0.732. The smallest absolute Gasteiger partial charge is 0.184 e. The number of nitrogens with one attached hydrogen (secondary N) is 1. The van der Waals surface area contributed by atoms with E-state index in [1.165, 1.54) is 29.5 Å². The minimum absolute atomic E-state index is 0.0782. The van der Waals surface area contributed by atoms with E-state index in [2.05, 4.69) is 10.3 Å². The first-order valence-corrected chi connectivity index (χ1v) is 7.43. The second-order valence-electron chi connectivity index (χ2n) is 5.01. The van der Waals surface area contributed by atoms with Crippen LogP contribution in [0.2, 0.25) is 0 Å². The van der Waals surface area contributed by atoms with Crippen molar-refractivity contribution in [2.24, 2.45) is 0 Å². The van der Waals surface area contributed by atoms with Gasteiger partial charge in [-0.25, -0.2) is 13.8 Å². The molecule has 0 aliphatic carbocycles. The van der Waals surface area contributed by atoms with Gasteiger partial charge < -0.3 is 5.32 Å². The van der Waals surface area contributed by atoms with Gasteiger partial charge >= 0.3 is 0 Å². The van der Waals surface area contributed by atoms with E-state index in [1.54, 1.807) is 19.1 Å². The Morgan fingerprint density at radius 1 is 1.14 bits per heavy atom. The van der Waals surface area contributed by atoms with Crippen LogP contribution in [0.25, 0.3) is 10.2 Å². The Labute approximate surface area is 125 Å². The van der Waals surface area contributed by atoms with Gasteiger partial charge in [0.25, 0.3) is 0 Å². The van der Waals surface area contributed by atoms with E-state index in [9.17, 15) is 8.78 Å². The lowest BCUT2D eigenvalue weighted by Gasteiger charge is -2.13. The number of thiazole rings is 1. The summed E-state index contributed by atoms with van der Waals surface area (Å²) in [5.74, 6) is -0.513. The van der Waals surface area contributed by atoms with Gasteiger partial charge in [-0.2, -0.15) is 0 Å². The van der Waals surface area contributed by atoms with E-state index in [-0.39, 0.29) is 17.7 Å². The Hall–Kier alpha value is -2.01. The second kappa shape index (κ2) is 5.41. The fourth-order valence-electron chi connectivity index (χ4n) is 2.11. The summed E-state index contributed by atoms with van der Waals surface area (Å²) in [6.45, 7) is 3.68. The third kappa shape index (κ3) is 2.88. The van der Waals surface area contributed by atoms with Crippen LogP contribution in [0.1, 0.15) is 24.1 Å². The highest BCUT2D eigenvalue weighted by atomic mass is 32.1. The first-order valence-electron chi connectivity index (χ1n) is 6.61. The third-order valence-electron chi connectivity index (χ3n) is 3.39. The topological polar surface area (TPSA) is 24.9 Å². The maximum absolute atomic E-state index is 13.6. The molecule has 1 heterocycles. The number of fused-ring (bicyclic) bond motifs is 1. The molecule has 3 aromatic rings. The first-order chi connectivity index (χ1) is 10.0. The molecule has 0 amide bonds. The first kappa shape index (κ1) is 13.9. The average Bonchev–Trinajstić information content (AvgIpc) is 2.83. The summed E-state index contributed by atoms with van der Waals surface area (Å²) in [6, 6.07) is 9.64. The summed E-state index contributed by atoms with van der Waals surface area (Å²) in [7, 11) is 0. The van der Waals surface area contributed by atoms with Gasteiger partial charge in [0.2, 0.25) is 0 Å². The van der Waals surface area contributed by atoms with Crippen molar-refractivity contribution in [2.45, 2.75) is 19.9 Å². The molecule has 5 heteroatoms. The Balaban J connectivity index is 1.85. The lowest BCUT2D eigenvalue weighted by atomic mass is 10.1. The SMILES string of the molecule is Cc1ccc(C(C)Nc2nc3cc(F)ccc3s2)cc1F. The van der Waals surface area contributed by atoms with Gasteiger partial charge in [-0.15, -0.1) is 0 Å². The van der Waals surface area contributed by atoms with Gasteiger partial charge in [0.05, 0.1) is 16.3 Å². The maximum Gasteiger partial charge on any atom is 0.184 e. The van der Waals surface area contributed by atoms with Crippen molar-refractivity contribution in [2.75, 3.05) is 5.32 Å². The van der Waals surface area contributed by atoms with Crippen LogP contribution in [0, 0.1) is 18.6 Å². The largest absolute Gasteiger partial charge is 0.355 e. The number of halogens is 2. The van der Waals surface area contributed by atoms with E-state index in [0.29, 0.717) is 16.2 Å². The van der Waals surface area contributed by atoms with Crippen LogP contribution in [0.15, 0.2) is 36.4 Å². The summed E-state index contributed by atoms with van der Waals surface area (Å²) >= 11 is 1.45. The normalized spacial score (nSPS) is 12.6. The number of hydrogen-bond acceptors (Lipinski definition) is 3. The molecule has 0 saturated heterocycles. The molecule has 2 aromatic carbocycles. The highest BCUT2D eigenvalue weighted by Crippen LogP contribution is 2.29. The van der Waals surface area contributed by atoms with Crippen LogP contribution < -0.4 is 5.32 Å². The fourth-order valence-corrected chi connectivity index (χ4v) is 3.04. The number of aryl methyl sites for hydroxylation is 1. The number of anilines is 1. The molecule has 0 fully saturated rings. The van der Waals surface area contributed by atoms with Gasteiger partial charge in [-0.3, -0.25) is 0 Å². The molecule has 0 bridgehead atoms. The predicted octanol–water partition coefficient (Wildman–Crippen LogP) is 5.06. The Morgan fingerprint density at radius 3 is 2.71 bits per heavy atom. The van der Waals surface area contributed by atoms with E-state index in [0.717, 1.165) is 10.3 Å². The number of aromatic nitrogens is 1. The molecule has 1 atom stereocenters. The predicted molar refractivity (Wildman–Crippen MR) is 82.8 cm³/mol. The van der Waals surface area contributed by atoms with Gasteiger partial charge in [0.1, 0.15) is 11.6 Å². The van der Waals surface area contributed by atoms with Crippen molar-refractivity contribution in [3.05, 3.63) is 59.2 Å². The summed E-state index contributed by atoms with van der Waals surface area (Å²) in [6.07, 6.45) is 0. The van der Waals surface area contributed by atoms with Crippen molar-refractivity contribution < 1.29 is 8.78 Å². The monoisotopic (exact) mass is 304 g/mol. The Bertz CT molecular complexity index is 798. The number of hydrogen-bond donors (Lipinski definition) is 1. The molecule has 1 aromatic heterocycles. The van der Waals surface area contributed by atoms with Crippen molar-refractivity contribution >= 4 is 26.7 Å². The van der Waals surface area contributed by atoms with Gasteiger partial charge in [0.15, 0.2) is 5.13 Å². The molecule has 2 nitrogen and oxygen atoms in total. The van der Waals surface area contributed by atoms with Gasteiger partial charge in [-0.1, -0.05) is 23.5 Å². The van der Waals surface area contributed by atoms with Crippen molar-refractivity contribution in [1.29, 1.82) is 0 Å². The Morgan fingerprint density at radius 2 is 1.95 bits per heavy atom. The molecule has 1 unspecified atom stereocenters. The maximum atomic E-state index is 13.6. The molecule has 0 radical (unpaired) electrons. The summed E-state index contributed by atoms with van der Waals surface area (Å²) in [5.41, 5.74) is 2.11. The summed E-state index contributed by atoms with van der Waals surface area (Å²) in [5, 5.41) is 3.93. The fraction of sp³-hybridized carbons (Fsp3) is 0.188. The van der Waals surface area contributed by atoms with E-state index >= 15 is 0 Å². The zero-order valence-electron chi connectivity index (χ0n) is 11.7. The molecule has 0 saturated carbocycles. The summed E-state index contributed by atoms with van der Waals surface area (Å²) < 4.78 is 27.7. The van der Waals surface area contributed by atoms with E-state index in [4.69, 9.17) is 0 Å². The molecule has 21 heavy (non-hydrogen) atoms.